The van der Waals surface area contributed by atoms with Gasteiger partial charge in [-0.15, -0.1) is 0 Å². The highest BCUT2D eigenvalue weighted by Crippen LogP contribution is 2.08. The second-order valence-corrected chi connectivity index (χ2v) is 3.14. The van der Waals surface area contributed by atoms with Crippen LogP contribution in [0.5, 0.6) is 0 Å². The molecule has 0 saturated carbocycles. The molecule has 0 radical (unpaired) electrons. The van der Waals surface area contributed by atoms with E-state index in [1.807, 2.05) is 36.4 Å². The van der Waals surface area contributed by atoms with E-state index in [9.17, 15) is 4.79 Å². The molecule has 3 heteroatoms. The van der Waals surface area contributed by atoms with E-state index in [1.54, 1.807) is 0 Å². The zero-order valence-corrected chi connectivity index (χ0v) is 8.77. The highest BCUT2D eigenvalue weighted by Gasteiger charge is 2.01. The van der Waals surface area contributed by atoms with Crippen LogP contribution in [0.15, 0.2) is 30.3 Å². The number of hydrogen-bond acceptors (Lipinski definition) is 3. The molecule has 1 rings (SSSR count). The smallest absolute Gasteiger partial charge is 0.309 e. The Labute approximate surface area is 89.5 Å². The molecule has 0 amide bonds. The Kier molecular flexibility index (Phi) is 4.57. The fourth-order valence-electron chi connectivity index (χ4n) is 1.25. The summed E-state index contributed by atoms with van der Waals surface area (Å²) >= 11 is 0. The van der Waals surface area contributed by atoms with E-state index in [1.165, 1.54) is 7.11 Å². The molecule has 0 aliphatic rings. The second kappa shape index (κ2) is 5.98. The molecule has 0 heterocycles. The predicted molar refractivity (Wildman–Crippen MR) is 60.3 cm³/mol. The average Bonchev–Trinajstić information content (AvgIpc) is 2.26. The standard InChI is InChI=1S/C12H15NO2/c1-15-12(14)9-11-5-2-4-10(8-11)6-3-7-13/h2-6,8H,7,9,13H2,1H3. The van der Waals surface area contributed by atoms with Gasteiger partial charge in [-0.05, 0) is 11.1 Å². The minimum atomic E-state index is -0.227. The van der Waals surface area contributed by atoms with Gasteiger partial charge in [-0.3, -0.25) is 4.79 Å². The molecule has 0 fully saturated rings. The van der Waals surface area contributed by atoms with Crippen LogP contribution in [0.3, 0.4) is 0 Å². The first-order chi connectivity index (χ1) is 7.26. The lowest BCUT2D eigenvalue weighted by Gasteiger charge is -2.01. The summed E-state index contributed by atoms with van der Waals surface area (Å²) in [7, 11) is 1.39. The SMILES string of the molecule is COC(=O)Cc1cccc(C=CCN)c1. The van der Waals surface area contributed by atoms with Crippen molar-refractivity contribution in [2.45, 2.75) is 6.42 Å². The monoisotopic (exact) mass is 205 g/mol. The third-order valence-corrected chi connectivity index (χ3v) is 1.97. The number of methoxy groups -OCH3 is 1. The van der Waals surface area contributed by atoms with Crippen LogP contribution in [0.4, 0.5) is 0 Å². The Morgan fingerprint density at radius 2 is 2.33 bits per heavy atom. The highest BCUT2D eigenvalue weighted by atomic mass is 16.5. The number of benzene rings is 1. The van der Waals surface area contributed by atoms with E-state index >= 15 is 0 Å². The van der Waals surface area contributed by atoms with Gasteiger partial charge < -0.3 is 10.5 Å². The highest BCUT2D eigenvalue weighted by molar-refractivity contribution is 5.72. The minimum Gasteiger partial charge on any atom is -0.469 e. The number of rotatable bonds is 4. The quantitative estimate of drug-likeness (QED) is 0.755. The molecular weight excluding hydrogens is 190 g/mol. The van der Waals surface area contributed by atoms with Crippen molar-refractivity contribution in [3.05, 3.63) is 41.5 Å². The summed E-state index contributed by atoms with van der Waals surface area (Å²) < 4.78 is 4.60. The molecule has 2 N–H and O–H groups in total. The van der Waals surface area contributed by atoms with Gasteiger partial charge in [0.2, 0.25) is 0 Å². The lowest BCUT2D eigenvalue weighted by molar-refractivity contribution is -0.139. The molecule has 0 atom stereocenters. The molecule has 1 aromatic rings. The first-order valence-corrected chi connectivity index (χ1v) is 4.78. The number of carbonyl (C=O) groups is 1. The lowest BCUT2D eigenvalue weighted by atomic mass is 10.1. The van der Waals surface area contributed by atoms with Gasteiger partial charge in [-0.2, -0.15) is 0 Å². The third-order valence-electron chi connectivity index (χ3n) is 1.97. The molecule has 0 bridgehead atoms. The Morgan fingerprint density at radius 1 is 1.53 bits per heavy atom. The molecule has 0 aromatic heterocycles. The van der Waals surface area contributed by atoms with E-state index in [2.05, 4.69) is 4.74 Å². The fraction of sp³-hybridized carbons (Fsp3) is 0.250. The van der Waals surface area contributed by atoms with Gasteiger partial charge in [0.05, 0.1) is 13.5 Å². The summed E-state index contributed by atoms with van der Waals surface area (Å²) in [5, 5.41) is 0. The summed E-state index contributed by atoms with van der Waals surface area (Å²) in [6, 6.07) is 7.72. The van der Waals surface area contributed by atoms with Gasteiger partial charge in [-0.25, -0.2) is 0 Å². The molecule has 3 nitrogen and oxygen atoms in total. The number of nitrogens with two attached hydrogens (primary N) is 1. The van der Waals surface area contributed by atoms with E-state index < -0.39 is 0 Å². The molecular formula is C12H15NO2. The van der Waals surface area contributed by atoms with Gasteiger partial charge in [0.1, 0.15) is 0 Å². The van der Waals surface area contributed by atoms with Crippen LogP contribution in [0.2, 0.25) is 0 Å². The van der Waals surface area contributed by atoms with Gasteiger partial charge in [-0.1, -0.05) is 36.4 Å². The summed E-state index contributed by atoms with van der Waals surface area (Å²) in [5.41, 5.74) is 7.34. The van der Waals surface area contributed by atoms with Gasteiger partial charge in [0.25, 0.3) is 0 Å². The van der Waals surface area contributed by atoms with Gasteiger partial charge in [0.15, 0.2) is 0 Å². The predicted octanol–water partition coefficient (Wildman–Crippen LogP) is 1.37. The topological polar surface area (TPSA) is 52.3 Å². The Balaban J connectivity index is 2.74. The van der Waals surface area contributed by atoms with Crippen LogP contribution in [-0.4, -0.2) is 19.6 Å². The fourth-order valence-corrected chi connectivity index (χ4v) is 1.25. The van der Waals surface area contributed by atoms with Crippen molar-refractivity contribution in [3.8, 4) is 0 Å². The summed E-state index contributed by atoms with van der Waals surface area (Å²) in [6.45, 7) is 0.515. The van der Waals surface area contributed by atoms with Gasteiger partial charge >= 0.3 is 5.97 Å². The molecule has 80 valence electrons. The molecule has 0 saturated heterocycles. The lowest BCUT2D eigenvalue weighted by Crippen LogP contribution is -2.04. The average molecular weight is 205 g/mol. The minimum absolute atomic E-state index is 0.227. The van der Waals surface area contributed by atoms with Crippen LogP contribution in [0.25, 0.3) is 6.08 Å². The van der Waals surface area contributed by atoms with Crippen molar-refractivity contribution in [2.75, 3.05) is 13.7 Å². The Morgan fingerprint density at radius 3 is 3.00 bits per heavy atom. The second-order valence-electron chi connectivity index (χ2n) is 3.14. The van der Waals surface area contributed by atoms with Crippen molar-refractivity contribution < 1.29 is 9.53 Å². The molecule has 1 aromatic carbocycles. The largest absolute Gasteiger partial charge is 0.469 e. The molecule has 0 unspecified atom stereocenters. The maximum atomic E-state index is 11.0. The van der Waals surface area contributed by atoms with Crippen LogP contribution in [-0.2, 0) is 16.0 Å². The van der Waals surface area contributed by atoms with E-state index in [-0.39, 0.29) is 5.97 Å². The molecule has 0 aliphatic heterocycles. The molecule has 0 aliphatic carbocycles. The van der Waals surface area contributed by atoms with Crippen molar-refractivity contribution >= 4 is 12.0 Å². The zero-order chi connectivity index (χ0) is 11.1. The van der Waals surface area contributed by atoms with Crippen LogP contribution in [0.1, 0.15) is 11.1 Å². The van der Waals surface area contributed by atoms with Crippen molar-refractivity contribution in [2.24, 2.45) is 5.73 Å². The van der Waals surface area contributed by atoms with Crippen LogP contribution >= 0.6 is 0 Å². The normalized spacial score (nSPS) is 10.5. The maximum Gasteiger partial charge on any atom is 0.309 e. The Bertz CT molecular complexity index is 358. The van der Waals surface area contributed by atoms with Crippen molar-refractivity contribution in [1.29, 1.82) is 0 Å². The number of esters is 1. The first-order valence-electron chi connectivity index (χ1n) is 4.78. The summed E-state index contributed by atoms with van der Waals surface area (Å²) in [5.74, 6) is -0.227. The first kappa shape index (κ1) is 11.5. The number of carbonyl (C=O) groups excluding carboxylic acids is 1. The third kappa shape index (κ3) is 3.95. The number of hydrogen-bond donors (Lipinski definition) is 1. The van der Waals surface area contributed by atoms with E-state index in [4.69, 9.17) is 5.73 Å². The summed E-state index contributed by atoms with van der Waals surface area (Å²) in [6.07, 6.45) is 4.11. The zero-order valence-electron chi connectivity index (χ0n) is 8.77. The van der Waals surface area contributed by atoms with E-state index in [0.717, 1.165) is 11.1 Å². The molecule has 0 spiro atoms. The Hall–Kier alpha value is -1.61. The van der Waals surface area contributed by atoms with Crippen LogP contribution < -0.4 is 5.73 Å². The van der Waals surface area contributed by atoms with Crippen molar-refractivity contribution in [1.82, 2.24) is 0 Å². The van der Waals surface area contributed by atoms with Crippen LogP contribution in [0, 0.1) is 0 Å². The summed E-state index contributed by atoms with van der Waals surface area (Å²) in [4.78, 5) is 11.0. The van der Waals surface area contributed by atoms with E-state index in [0.29, 0.717) is 13.0 Å². The van der Waals surface area contributed by atoms with Crippen molar-refractivity contribution in [3.63, 3.8) is 0 Å². The van der Waals surface area contributed by atoms with Gasteiger partial charge in [0, 0.05) is 6.54 Å². The molecule has 15 heavy (non-hydrogen) atoms. The maximum absolute atomic E-state index is 11.0. The number of ether oxygens (including phenoxy) is 1.